The zero-order valence-corrected chi connectivity index (χ0v) is 15.2. The molecular formula is C23H18FN3. The van der Waals surface area contributed by atoms with Crippen LogP contribution in [-0.4, -0.2) is 9.55 Å². The van der Waals surface area contributed by atoms with Crippen LogP contribution in [-0.2, 0) is 6.42 Å². The van der Waals surface area contributed by atoms with Gasteiger partial charge >= 0.3 is 0 Å². The lowest BCUT2D eigenvalue weighted by Gasteiger charge is -2.16. The van der Waals surface area contributed by atoms with E-state index in [1.54, 1.807) is 24.3 Å². The second-order valence-electron chi connectivity index (χ2n) is 6.50. The molecule has 0 N–H and O–H groups in total. The number of halogens is 1. The van der Waals surface area contributed by atoms with E-state index in [-0.39, 0.29) is 5.82 Å². The van der Waals surface area contributed by atoms with E-state index in [1.807, 2.05) is 48.0 Å². The van der Waals surface area contributed by atoms with Crippen LogP contribution in [0.15, 0.2) is 60.8 Å². The molecule has 0 unspecified atom stereocenters. The second-order valence-corrected chi connectivity index (χ2v) is 6.50. The van der Waals surface area contributed by atoms with Gasteiger partial charge < -0.3 is 4.57 Å². The van der Waals surface area contributed by atoms with Gasteiger partial charge in [0.2, 0.25) is 0 Å². The van der Waals surface area contributed by atoms with Crippen molar-refractivity contribution in [1.82, 2.24) is 9.55 Å². The molecule has 0 bridgehead atoms. The third-order valence-corrected chi connectivity index (χ3v) is 4.89. The summed E-state index contributed by atoms with van der Waals surface area (Å²) in [5.74, 6) is -0.358. The molecule has 2 heterocycles. The van der Waals surface area contributed by atoms with Crippen molar-refractivity contribution in [2.45, 2.75) is 20.3 Å². The first-order valence-electron chi connectivity index (χ1n) is 8.90. The highest BCUT2D eigenvalue weighted by molar-refractivity contribution is 5.90. The van der Waals surface area contributed by atoms with Gasteiger partial charge in [-0.3, -0.25) is 0 Å². The Bertz CT molecular complexity index is 1180. The van der Waals surface area contributed by atoms with E-state index < -0.39 is 0 Å². The Morgan fingerprint density at radius 1 is 1.07 bits per heavy atom. The normalized spacial score (nSPS) is 10.9. The molecule has 0 aliphatic rings. The van der Waals surface area contributed by atoms with Crippen molar-refractivity contribution in [3.63, 3.8) is 0 Å². The van der Waals surface area contributed by atoms with E-state index in [1.165, 1.54) is 0 Å². The quantitative estimate of drug-likeness (QED) is 0.482. The molecule has 2 aromatic carbocycles. The lowest BCUT2D eigenvalue weighted by Crippen LogP contribution is -2.06. The summed E-state index contributed by atoms with van der Waals surface area (Å²) in [5, 5.41) is 9.78. The molecule has 0 aliphatic carbocycles. The van der Waals surface area contributed by atoms with Crippen LogP contribution in [0, 0.1) is 24.1 Å². The molecule has 4 heteroatoms. The van der Waals surface area contributed by atoms with E-state index in [9.17, 15) is 0 Å². The van der Waals surface area contributed by atoms with Crippen molar-refractivity contribution in [2.75, 3.05) is 0 Å². The molecule has 4 rings (SSSR count). The van der Waals surface area contributed by atoms with Crippen LogP contribution in [0.5, 0.6) is 0 Å². The molecule has 0 saturated heterocycles. The van der Waals surface area contributed by atoms with Crippen LogP contribution in [0.4, 0.5) is 4.39 Å². The summed E-state index contributed by atoms with van der Waals surface area (Å²) < 4.78 is 17.7. The lowest BCUT2D eigenvalue weighted by molar-refractivity contribution is 0.617. The minimum absolute atomic E-state index is 0.293. The molecular weight excluding hydrogens is 337 g/mol. The Morgan fingerprint density at radius 3 is 2.52 bits per heavy atom. The van der Waals surface area contributed by atoms with E-state index in [2.05, 4.69) is 18.0 Å². The molecule has 0 aliphatic heterocycles. The maximum atomic E-state index is 15.7. The number of nitriles is 1. The Hall–Kier alpha value is -3.45. The predicted molar refractivity (Wildman–Crippen MR) is 105 cm³/mol. The number of hydrogen-bond acceptors (Lipinski definition) is 2. The van der Waals surface area contributed by atoms with Crippen molar-refractivity contribution in [3.05, 3.63) is 83.4 Å². The fraction of sp³-hybridized carbons (Fsp3) is 0.130. The van der Waals surface area contributed by atoms with Gasteiger partial charge in [0.25, 0.3) is 0 Å². The summed E-state index contributed by atoms with van der Waals surface area (Å²) in [5.41, 5.74) is 4.96. The number of benzene rings is 2. The van der Waals surface area contributed by atoms with Gasteiger partial charge in [0.1, 0.15) is 5.69 Å². The number of fused-ring (bicyclic) bond motifs is 1. The zero-order valence-electron chi connectivity index (χ0n) is 15.2. The fourth-order valence-corrected chi connectivity index (χ4v) is 3.52. The van der Waals surface area contributed by atoms with Crippen molar-refractivity contribution >= 4 is 10.9 Å². The summed E-state index contributed by atoms with van der Waals surface area (Å²) >= 11 is 0. The SMILES string of the molecule is CCc1c(C)ccn1-c1c(F)c(-c2ccc(C#N)cc2)nc2ccccc12. The average molecular weight is 355 g/mol. The Balaban J connectivity index is 2.05. The highest BCUT2D eigenvalue weighted by Gasteiger charge is 2.19. The number of aryl methyl sites for hydroxylation is 1. The first-order valence-corrected chi connectivity index (χ1v) is 8.90. The van der Waals surface area contributed by atoms with E-state index in [0.29, 0.717) is 22.5 Å². The summed E-state index contributed by atoms with van der Waals surface area (Å²) in [6, 6.07) is 18.5. The van der Waals surface area contributed by atoms with Gasteiger partial charge in [-0.2, -0.15) is 5.26 Å². The maximum Gasteiger partial charge on any atom is 0.174 e. The van der Waals surface area contributed by atoms with Gasteiger partial charge in [0.15, 0.2) is 5.82 Å². The number of hydrogen-bond donors (Lipinski definition) is 0. The number of pyridine rings is 1. The Kier molecular flexibility index (Phi) is 4.21. The first-order chi connectivity index (χ1) is 13.1. The highest BCUT2D eigenvalue weighted by atomic mass is 19.1. The van der Waals surface area contributed by atoms with Gasteiger partial charge in [0, 0.05) is 22.8 Å². The van der Waals surface area contributed by atoms with Crippen LogP contribution < -0.4 is 0 Å². The van der Waals surface area contributed by atoms with Gasteiger partial charge in [-0.1, -0.05) is 37.3 Å². The third kappa shape index (κ3) is 2.78. The summed E-state index contributed by atoms with van der Waals surface area (Å²) in [6.45, 7) is 4.11. The predicted octanol–water partition coefficient (Wildman–Crippen LogP) is 5.57. The van der Waals surface area contributed by atoms with E-state index in [0.717, 1.165) is 28.6 Å². The second kappa shape index (κ2) is 6.69. The van der Waals surface area contributed by atoms with Crippen molar-refractivity contribution < 1.29 is 4.39 Å². The maximum absolute atomic E-state index is 15.7. The number of rotatable bonds is 3. The van der Waals surface area contributed by atoms with Crippen LogP contribution in [0.2, 0.25) is 0 Å². The minimum Gasteiger partial charge on any atom is -0.317 e. The van der Waals surface area contributed by atoms with Gasteiger partial charge in [-0.05, 0) is 43.2 Å². The molecule has 4 aromatic rings. The molecule has 0 spiro atoms. The van der Waals surface area contributed by atoms with Crippen molar-refractivity contribution in [2.24, 2.45) is 0 Å². The summed E-state index contributed by atoms with van der Waals surface area (Å²) in [7, 11) is 0. The topological polar surface area (TPSA) is 41.6 Å². The van der Waals surface area contributed by atoms with Gasteiger partial charge in [0.05, 0.1) is 22.8 Å². The average Bonchev–Trinajstić information content (AvgIpc) is 3.07. The van der Waals surface area contributed by atoms with Crippen LogP contribution in [0.3, 0.4) is 0 Å². The highest BCUT2D eigenvalue weighted by Crippen LogP contribution is 2.33. The monoisotopic (exact) mass is 355 g/mol. The van der Waals surface area contributed by atoms with Crippen LogP contribution in [0.1, 0.15) is 23.7 Å². The molecule has 2 aromatic heterocycles. The first kappa shape index (κ1) is 17.0. The largest absolute Gasteiger partial charge is 0.317 e. The molecule has 0 saturated carbocycles. The van der Waals surface area contributed by atoms with Crippen LogP contribution in [0.25, 0.3) is 27.8 Å². The molecule has 132 valence electrons. The van der Waals surface area contributed by atoms with Crippen molar-refractivity contribution in [3.8, 4) is 23.0 Å². The van der Waals surface area contributed by atoms with E-state index >= 15 is 4.39 Å². The number of aromatic nitrogens is 2. The molecule has 0 atom stereocenters. The van der Waals surface area contributed by atoms with Gasteiger partial charge in [-0.15, -0.1) is 0 Å². The standard InChI is InChI=1S/C23H18FN3/c1-3-20-15(2)12-13-27(20)23-18-6-4-5-7-19(18)26-22(21(23)24)17-10-8-16(14-25)9-11-17/h4-13H,3H2,1-2H3. The summed E-state index contributed by atoms with van der Waals surface area (Å²) in [4.78, 5) is 4.58. The molecule has 3 nitrogen and oxygen atoms in total. The molecule has 0 radical (unpaired) electrons. The van der Waals surface area contributed by atoms with Gasteiger partial charge in [-0.25, -0.2) is 9.37 Å². The summed E-state index contributed by atoms with van der Waals surface area (Å²) in [6.07, 6.45) is 2.72. The van der Waals surface area contributed by atoms with Crippen LogP contribution >= 0.6 is 0 Å². The zero-order chi connectivity index (χ0) is 19.0. The molecule has 27 heavy (non-hydrogen) atoms. The minimum atomic E-state index is -0.358. The number of para-hydroxylation sites is 1. The third-order valence-electron chi connectivity index (χ3n) is 4.89. The molecule has 0 fully saturated rings. The van der Waals surface area contributed by atoms with Crippen molar-refractivity contribution in [1.29, 1.82) is 5.26 Å². The Morgan fingerprint density at radius 2 is 1.81 bits per heavy atom. The molecule has 0 amide bonds. The Labute approximate surface area is 157 Å². The lowest BCUT2D eigenvalue weighted by atomic mass is 10.0. The smallest absolute Gasteiger partial charge is 0.174 e. The van der Waals surface area contributed by atoms with E-state index in [4.69, 9.17) is 5.26 Å². The number of nitrogens with zero attached hydrogens (tertiary/aromatic N) is 3. The fourth-order valence-electron chi connectivity index (χ4n) is 3.52.